The van der Waals surface area contributed by atoms with E-state index < -0.39 is 23.5 Å². The Labute approximate surface area is 200 Å². The van der Waals surface area contributed by atoms with Crippen molar-refractivity contribution in [2.24, 2.45) is 0 Å². The van der Waals surface area contributed by atoms with E-state index in [1.54, 1.807) is 17.0 Å². The van der Waals surface area contributed by atoms with Gasteiger partial charge in [-0.2, -0.15) is 0 Å². The maximum Gasteiger partial charge on any atom is 0.290 e. The van der Waals surface area contributed by atoms with Gasteiger partial charge in [0.2, 0.25) is 5.78 Å². The van der Waals surface area contributed by atoms with Gasteiger partial charge in [-0.3, -0.25) is 9.59 Å². The summed E-state index contributed by atoms with van der Waals surface area (Å²) in [6.45, 7) is 7.61. The van der Waals surface area contributed by atoms with Gasteiger partial charge in [0, 0.05) is 11.9 Å². The van der Waals surface area contributed by atoms with Crippen molar-refractivity contribution in [1.29, 1.82) is 0 Å². The number of amides is 1. The summed E-state index contributed by atoms with van der Waals surface area (Å²) < 4.78 is 5.79. The third-order valence-electron chi connectivity index (χ3n) is 6.29. The minimum atomic E-state index is -0.676. The molecule has 1 aliphatic rings. The lowest BCUT2D eigenvalue weighted by Crippen LogP contribution is -2.33. The molecule has 1 aliphatic heterocycles. The van der Waals surface area contributed by atoms with Gasteiger partial charge in [0.15, 0.2) is 11.5 Å². The van der Waals surface area contributed by atoms with Crippen molar-refractivity contribution in [3.63, 3.8) is 0 Å². The molecule has 0 fully saturated rings. The van der Waals surface area contributed by atoms with E-state index in [0.29, 0.717) is 18.5 Å². The lowest BCUT2D eigenvalue weighted by molar-refractivity contribution is -0.129. The normalized spacial score (nSPS) is 16.8. The predicted molar refractivity (Wildman–Crippen MR) is 133 cm³/mol. The number of Topliss-reactive ketones (excluding diaryl/α,β-unsaturated/α-hetero) is 1. The number of carbonyl (C=O) groups is 2. The van der Waals surface area contributed by atoms with Crippen LogP contribution in [0.25, 0.3) is 11.0 Å². The zero-order valence-corrected chi connectivity index (χ0v) is 20.5. The quantitative estimate of drug-likeness (QED) is 0.487. The highest BCUT2D eigenvalue weighted by Crippen LogP contribution is 2.40. The Bertz CT molecular complexity index is 1210. The van der Waals surface area contributed by atoms with E-state index >= 15 is 0 Å². The fraction of sp³-hybridized carbons (Fsp3) is 0.357. The summed E-state index contributed by atoms with van der Waals surface area (Å²) in [6, 6.07) is 16.3. The van der Waals surface area contributed by atoms with Crippen molar-refractivity contribution in [3.05, 3.63) is 82.8 Å². The number of rotatable bonds is 7. The van der Waals surface area contributed by atoms with Crippen LogP contribution < -0.4 is 0 Å². The van der Waals surface area contributed by atoms with Crippen LogP contribution in [0.15, 0.2) is 70.3 Å². The maximum atomic E-state index is 13.6. The third kappa shape index (κ3) is 4.50. The first-order valence-corrected chi connectivity index (χ1v) is 11.6. The first kappa shape index (κ1) is 23.8. The fourth-order valence-corrected chi connectivity index (χ4v) is 4.41. The highest BCUT2D eigenvalue weighted by Gasteiger charge is 2.44. The van der Waals surface area contributed by atoms with Crippen LogP contribution in [0, 0.1) is 0 Å². The SMILES string of the molecule is CN(C)CCCN1C(=O)C(O)=C(C(=O)c2cc3ccccc3o2)[C@@H]1c1ccc(C(C)(C)C)cc1. The lowest BCUT2D eigenvalue weighted by Gasteiger charge is -2.28. The van der Waals surface area contributed by atoms with Gasteiger partial charge in [-0.1, -0.05) is 63.2 Å². The molecule has 1 amide bonds. The molecular formula is C28H32N2O4. The van der Waals surface area contributed by atoms with E-state index in [9.17, 15) is 14.7 Å². The molecule has 0 spiro atoms. The second kappa shape index (κ2) is 9.11. The van der Waals surface area contributed by atoms with Crippen LogP contribution in [0.3, 0.4) is 0 Å². The zero-order chi connectivity index (χ0) is 24.6. The Kier molecular flexibility index (Phi) is 6.36. The maximum absolute atomic E-state index is 13.6. The molecule has 3 aromatic rings. The van der Waals surface area contributed by atoms with Crippen molar-refractivity contribution in [3.8, 4) is 0 Å². The topological polar surface area (TPSA) is 74.0 Å². The van der Waals surface area contributed by atoms with Gasteiger partial charge < -0.3 is 19.3 Å². The molecule has 1 atom stereocenters. The van der Waals surface area contributed by atoms with Gasteiger partial charge in [-0.25, -0.2) is 0 Å². The van der Waals surface area contributed by atoms with Gasteiger partial charge in [0.1, 0.15) is 5.58 Å². The monoisotopic (exact) mass is 460 g/mol. The minimum absolute atomic E-state index is 0.0275. The van der Waals surface area contributed by atoms with Crippen molar-refractivity contribution in [1.82, 2.24) is 9.80 Å². The molecule has 178 valence electrons. The van der Waals surface area contributed by atoms with E-state index in [1.165, 1.54) is 0 Å². The average molecular weight is 461 g/mol. The molecule has 2 heterocycles. The van der Waals surface area contributed by atoms with Crippen LogP contribution in [-0.4, -0.2) is 53.8 Å². The van der Waals surface area contributed by atoms with Gasteiger partial charge in [-0.15, -0.1) is 0 Å². The van der Waals surface area contributed by atoms with Gasteiger partial charge in [0.25, 0.3) is 5.91 Å². The molecule has 1 aromatic heterocycles. The smallest absolute Gasteiger partial charge is 0.290 e. The summed E-state index contributed by atoms with van der Waals surface area (Å²) in [7, 11) is 3.95. The number of ketones is 1. The second-order valence-electron chi connectivity index (χ2n) is 10.2. The largest absolute Gasteiger partial charge is 0.503 e. The van der Waals surface area contributed by atoms with Crippen LogP contribution in [0.4, 0.5) is 0 Å². The highest BCUT2D eigenvalue weighted by atomic mass is 16.3. The van der Waals surface area contributed by atoms with E-state index in [1.807, 2.05) is 61.5 Å². The van der Waals surface area contributed by atoms with E-state index in [0.717, 1.165) is 23.1 Å². The number of hydrogen-bond acceptors (Lipinski definition) is 5. The molecular weight excluding hydrogens is 428 g/mol. The van der Waals surface area contributed by atoms with E-state index in [2.05, 4.69) is 20.8 Å². The Morgan fingerprint density at radius 3 is 2.38 bits per heavy atom. The van der Waals surface area contributed by atoms with E-state index in [-0.39, 0.29) is 16.7 Å². The summed E-state index contributed by atoms with van der Waals surface area (Å²) in [5, 5.41) is 11.7. The van der Waals surface area contributed by atoms with Crippen molar-refractivity contribution >= 4 is 22.7 Å². The molecule has 6 nitrogen and oxygen atoms in total. The first-order chi connectivity index (χ1) is 16.1. The standard InChI is InChI=1S/C28H32N2O4/c1-28(2,3)20-13-11-18(12-14-20)24-23(26(32)27(33)30(24)16-8-15-29(4)5)25(31)22-17-19-9-6-7-10-21(19)34-22/h6-7,9-14,17,24,32H,8,15-16H2,1-5H3/t24-/m0/s1. The Balaban J connectivity index is 1.75. The molecule has 4 rings (SSSR count). The molecule has 0 unspecified atom stereocenters. The van der Waals surface area contributed by atoms with Crippen LogP contribution in [-0.2, 0) is 10.2 Å². The van der Waals surface area contributed by atoms with Crippen LogP contribution >= 0.6 is 0 Å². The Morgan fingerprint density at radius 1 is 1.09 bits per heavy atom. The van der Waals surface area contributed by atoms with E-state index in [4.69, 9.17) is 4.42 Å². The lowest BCUT2D eigenvalue weighted by atomic mass is 9.85. The number of carbonyl (C=O) groups excluding carboxylic acids is 2. The molecule has 2 aromatic carbocycles. The summed E-state index contributed by atoms with van der Waals surface area (Å²) in [5.74, 6) is -1.38. The Morgan fingerprint density at radius 2 is 1.76 bits per heavy atom. The molecule has 0 saturated heterocycles. The van der Waals surface area contributed by atoms with Gasteiger partial charge in [-0.05, 0) is 55.7 Å². The zero-order valence-electron chi connectivity index (χ0n) is 20.5. The first-order valence-electron chi connectivity index (χ1n) is 11.6. The predicted octanol–water partition coefficient (Wildman–Crippen LogP) is 5.26. The fourth-order valence-electron chi connectivity index (χ4n) is 4.41. The van der Waals surface area contributed by atoms with Crippen LogP contribution in [0.2, 0.25) is 0 Å². The molecule has 34 heavy (non-hydrogen) atoms. The summed E-state index contributed by atoms with van der Waals surface area (Å²) in [5.41, 5.74) is 2.56. The summed E-state index contributed by atoms with van der Waals surface area (Å²) in [4.78, 5) is 30.4. The summed E-state index contributed by atoms with van der Waals surface area (Å²) >= 11 is 0. The minimum Gasteiger partial charge on any atom is -0.503 e. The Hall–Kier alpha value is -3.38. The molecule has 1 N–H and O–H groups in total. The van der Waals surface area contributed by atoms with Crippen LogP contribution in [0.1, 0.15) is 54.9 Å². The number of para-hydroxylation sites is 1. The average Bonchev–Trinajstić information content (AvgIpc) is 3.33. The van der Waals surface area contributed by atoms with Crippen molar-refractivity contribution < 1.29 is 19.1 Å². The highest BCUT2D eigenvalue weighted by molar-refractivity contribution is 6.16. The molecule has 0 aliphatic carbocycles. The summed E-state index contributed by atoms with van der Waals surface area (Å²) in [6.07, 6.45) is 0.717. The second-order valence-corrected chi connectivity index (χ2v) is 10.2. The van der Waals surface area contributed by atoms with Gasteiger partial charge >= 0.3 is 0 Å². The van der Waals surface area contributed by atoms with Gasteiger partial charge in [0.05, 0.1) is 11.6 Å². The number of benzene rings is 2. The number of aliphatic hydroxyl groups excluding tert-OH is 1. The number of hydrogen-bond donors (Lipinski definition) is 1. The number of furan rings is 1. The van der Waals surface area contributed by atoms with Crippen molar-refractivity contribution in [2.75, 3.05) is 27.2 Å². The number of aliphatic hydroxyl groups is 1. The van der Waals surface area contributed by atoms with Crippen LogP contribution in [0.5, 0.6) is 0 Å². The number of fused-ring (bicyclic) bond motifs is 1. The molecule has 0 radical (unpaired) electrons. The molecule has 0 bridgehead atoms. The number of nitrogens with zero attached hydrogens (tertiary/aromatic N) is 2. The molecule has 6 heteroatoms. The third-order valence-corrected chi connectivity index (χ3v) is 6.29. The molecule has 0 saturated carbocycles. The van der Waals surface area contributed by atoms with Crippen molar-refractivity contribution in [2.45, 2.75) is 38.6 Å².